The Labute approximate surface area is 617 Å². The molecule has 0 amide bonds. The second kappa shape index (κ2) is 36.7. The highest BCUT2D eigenvalue weighted by atomic mass is 35.5. The highest BCUT2D eigenvalue weighted by molar-refractivity contribution is 7.53. The van der Waals surface area contributed by atoms with Crippen LogP contribution < -0.4 is 16.0 Å². The van der Waals surface area contributed by atoms with Gasteiger partial charge in [0.15, 0.2) is 35.8 Å². The molecular formula is C59H96Cl3N14O26P3. The van der Waals surface area contributed by atoms with Gasteiger partial charge in [-0.1, -0.05) is 48.0 Å². The van der Waals surface area contributed by atoms with Crippen molar-refractivity contribution < 1.29 is 127 Å². The largest absolute Gasteiger partial charge is 0.393 e. The number of aromatic nitrogens is 11. The zero-order valence-corrected chi connectivity index (χ0v) is 59.6. The van der Waals surface area contributed by atoms with Crippen molar-refractivity contribution in [2.24, 2.45) is 0 Å². The van der Waals surface area contributed by atoms with Gasteiger partial charge in [-0.2, -0.15) is 35.1 Å². The summed E-state index contributed by atoms with van der Waals surface area (Å²) in [6.45, 7) is -3.27. The molecule has 594 valence electrons. The predicted octanol–water partition coefficient (Wildman–Crippen LogP) is 2.18. The number of anilines is 3. The minimum Gasteiger partial charge on any atom is -0.393 e. The normalized spacial score (nSPS) is 26.3. The van der Waals surface area contributed by atoms with Gasteiger partial charge >= 0.3 is 22.8 Å². The smallest absolute Gasteiger partial charge is 0.361 e. The second-order valence-corrected chi connectivity index (χ2v) is 32.4. The van der Waals surface area contributed by atoms with Crippen molar-refractivity contribution >= 4 is 108 Å². The third-order valence-corrected chi connectivity index (χ3v) is 23.0. The maximum Gasteiger partial charge on any atom is 0.361 e. The fourth-order valence-corrected chi connectivity index (χ4v) is 14.5. The number of aliphatic hydroxyl groups excluding tert-OH is 10. The minimum absolute atomic E-state index is 0. The van der Waals surface area contributed by atoms with Gasteiger partial charge < -0.3 is 134 Å². The highest BCUT2D eigenvalue weighted by Gasteiger charge is 2.54. The number of nitrogens with one attached hydrogen (secondary N) is 3. The molecule has 19 N–H and O–H groups in total. The first-order valence-corrected chi connectivity index (χ1v) is 38.6. The maximum atomic E-state index is 12.2. The van der Waals surface area contributed by atoms with Crippen molar-refractivity contribution in [1.29, 1.82) is 0 Å². The first-order chi connectivity index (χ1) is 48.2. The Bertz CT molecular complexity index is 3960. The van der Waals surface area contributed by atoms with Gasteiger partial charge in [-0.3, -0.25) is 13.7 Å². The van der Waals surface area contributed by atoms with E-state index >= 15 is 0 Å². The van der Waals surface area contributed by atoms with Gasteiger partial charge in [0, 0.05) is 24.3 Å². The summed E-state index contributed by atoms with van der Waals surface area (Å²) in [6, 6.07) is 2.55. The summed E-state index contributed by atoms with van der Waals surface area (Å²) in [4.78, 5) is 82.4. The molecule has 105 heavy (non-hydrogen) atoms. The number of halogens is 3. The summed E-state index contributed by atoms with van der Waals surface area (Å²) >= 11 is 18.4. The average Bonchev–Trinajstić information content (AvgIpc) is 1.59. The van der Waals surface area contributed by atoms with Crippen LogP contribution in [0.1, 0.15) is 125 Å². The first kappa shape index (κ1) is 88.0. The van der Waals surface area contributed by atoms with Crippen molar-refractivity contribution in [3.63, 3.8) is 0 Å². The number of aliphatic hydroxyl groups is 10. The minimum atomic E-state index is -5.09. The molecule has 6 fully saturated rings. The number of fused-ring (bicyclic) bond motifs is 3. The summed E-state index contributed by atoms with van der Waals surface area (Å²) in [5, 5.41) is 116. The lowest BCUT2D eigenvalue weighted by atomic mass is 9.93. The van der Waals surface area contributed by atoms with Crippen LogP contribution in [0.15, 0.2) is 24.7 Å². The number of hydrogen-bond acceptors (Lipinski definition) is 31. The molecular weight excluding hydrogens is 1520 g/mol. The van der Waals surface area contributed by atoms with Crippen LogP contribution in [0.5, 0.6) is 0 Å². The van der Waals surface area contributed by atoms with E-state index in [0.29, 0.717) is 39.3 Å². The van der Waals surface area contributed by atoms with Crippen molar-refractivity contribution in [1.82, 2.24) is 54.0 Å². The van der Waals surface area contributed by atoms with Crippen LogP contribution in [0.25, 0.3) is 33.1 Å². The van der Waals surface area contributed by atoms with Gasteiger partial charge in [0.05, 0.1) is 87.5 Å². The van der Waals surface area contributed by atoms with Gasteiger partial charge in [0.2, 0.25) is 26.5 Å². The zero-order chi connectivity index (χ0) is 74.0. The third-order valence-electron chi connectivity index (χ3n) is 18.5. The van der Waals surface area contributed by atoms with Crippen LogP contribution in [0.2, 0.25) is 15.9 Å². The lowest BCUT2D eigenvalue weighted by Gasteiger charge is -2.33. The molecule has 9 heterocycles. The Morgan fingerprint density at radius 2 is 0.886 bits per heavy atom. The Morgan fingerprint density at radius 3 is 1.26 bits per heavy atom. The summed E-state index contributed by atoms with van der Waals surface area (Å²) in [6.07, 6.45) is 0.00833. The molecule has 0 bridgehead atoms. The van der Waals surface area contributed by atoms with Gasteiger partial charge in [0.1, 0.15) is 78.0 Å². The molecule has 46 heteroatoms. The summed E-state index contributed by atoms with van der Waals surface area (Å²) in [5.41, 5.74) is 0.903. The SMILES string of the molecule is C.C.C.CC(C)OC[C@](CO)(OC[C@H]1O[C@@H](n2ncc3c(NC4CCCC4)nc(Cl)nc32)[C@H](O)[C@@H]1O)P(=O)(O)O.O=P(O)(O)C(CO)(CO)OC[C@H]1O[C@@H](n2ncc3c(NC4CCC4)nc(Cl)nc32)[C@H](O)[C@@H]1O.O=P(O)(O)C(CO)OC[C@H]1O[C@@H](n2ccc3c(NC4CCCC4)nc(Cl)nc32)[C@H](O)[C@@H]1O. The lowest BCUT2D eigenvalue weighted by Crippen LogP contribution is -2.45. The zero-order valence-electron chi connectivity index (χ0n) is 54.7. The first-order valence-electron chi connectivity index (χ1n) is 32.6. The molecule has 0 aromatic carbocycles. The van der Waals surface area contributed by atoms with Crippen LogP contribution in [0.3, 0.4) is 0 Å². The molecule has 3 saturated carbocycles. The number of nitrogens with zero attached hydrogens (tertiary/aromatic N) is 11. The summed E-state index contributed by atoms with van der Waals surface area (Å²) < 4.78 is 77.3. The van der Waals surface area contributed by atoms with Crippen LogP contribution in [-0.2, 0) is 46.9 Å². The molecule has 6 aromatic rings. The van der Waals surface area contributed by atoms with Crippen LogP contribution in [0.4, 0.5) is 17.5 Å². The lowest BCUT2D eigenvalue weighted by molar-refractivity contribution is -0.134. The monoisotopic (exact) mass is 1610 g/mol. The van der Waals surface area contributed by atoms with Crippen LogP contribution >= 0.6 is 57.6 Å². The molecule has 14 atom stereocenters. The number of ether oxygens (including phenoxy) is 7. The number of hydrogen-bond donors (Lipinski definition) is 19. The van der Waals surface area contributed by atoms with Crippen molar-refractivity contribution in [2.45, 2.75) is 221 Å². The Hall–Kier alpha value is -4.24. The molecule has 6 aromatic heterocycles. The number of rotatable bonds is 28. The van der Waals surface area contributed by atoms with E-state index in [1.807, 2.05) is 0 Å². The highest BCUT2D eigenvalue weighted by Crippen LogP contribution is 2.53. The van der Waals surface area contributed by atoms with Gasteiger partial charge in [0.25, 0.3) is 0 Å². The van der Waals surface area contributed by atoms with E-state index in [1.54, 1.807) is 26.1 Å². The van der Waals surface area contributed by atoms with Crippen molar-refractivity contribution in [3.8, 4) is 0 Å². The molecule has 3 aliphatic carbocycles. The molecule has 0 spiro atoms. The molecule has 1 unspecified atom stereocenters. The van der Waals surface area contributed by atoms with Crippen LogP contribution in [-0.4, -0.2) is 283 Å². The standard InChI is InChI=1S/C21H33ClN5O9P.C18H26ClN4O8P.C17H25ClN5O9P.3CH4/c1-11(2)34-10-21(9-28,37(31,32)33)35-8-14-15(29)16(30)19(36-14)27-18-13(7-23-27)17(25-20(22)26-18)24-12-5-3-4-6-12;19-18-21-15(20-9-3-1-2-4-9)10-5-6-23(16(10)22-18)17-14(26)13(25)11(31-17)8-30-12(7-24)32(27,28)29;18-16-21-13(20-8-2-1-3-8)9-4-19-23(14(9)22-16)15-12(27)11(26)10(32-15)5-31-17(6-24,7-25)33(28,29)30;;;/h7,11-12,14-16,19,28-30H,3-6,8-10H2,1-2H3,(H,24,25,26)(H2,31,32,33);5-6,9,11-14,17,24-26H,1-4,7-8H2,(H,20,21,22)(H2,27,28,29);4,8,10-12,15,24-27H,1-3,5-7H2,(H,20,21,22)(H2,28,29,30);3*1H4/t14-,15-,16-,19-,21-;11-,12?,13-,14-,17-;10-,11-,12-,15-;;;/m111.../s1. The van der Waals surface area contributed by atoms with Crippen molar-refractivity contribution in [3.05, 3.63) is 40.5 Å². The predicted molar refractivity (Wildman–Crippen MR) is 377 cm³/mol. The van der Waals surface area contributed by atoms with E-state index in [1.165, 1.54) is 26.3 Å². The second-order valence-electron chi connectivity index (χ2n) is 25.8. The fourth-order valence-electron chi connectivity index (χ4n) is 12.3. The van der Waals surface area contributed by atoms with E-state index in [9.17, 15) is 89.0 Å². The van der Waals surface area contributed by atoms with E-state index in [0.717, 1.165) is 70.6 Å². The van der Waals surface area contributed by atoms with E-state index < -0.39 is 172 Å². The maximum absolute atomic E-state index is 12.2. The fraction of sp³-hybridized carbons (Fsp3) is 0.729. The van der Waals surface area contributed by atoms with Gasteiger partial charge in [-0.15, -0.1) is 0 Å². The van der Waals surface area contributed by atoms with Gasteiger partial charge in [-0.25, -0.2) is 14.3 Å². The average molecular weight is 1620 g/mol. The topological polar surface area (TPSA) is 594 Å². The van der Waals surface area contributed by atoms with Crippen LogP contribution in [0, 0.1) is 0 Å². The summed E-state index contributed by atoms with van der Waals surface area (Å²) in [7, 11) is -14.8. The molecule has 6 aliphatic rings. The Morgan fingerprint density at radius 1 is 0.514 bits per heavy atom. The van der Waals surface area contributed by atoms with E-state index in [2.05, 4.69) is 56.1 Å². The molecule has 3 aliphatic heterocycles. The Balaban J connectivity index is 0.000000218. The van der Waals surface area contributed by atoms with Crippen molar-refractivity contribution in [2.75, 3.05) is 68.8 Å². The molecule has 40 nitrogen and oxygen atoms in total. The Kier molecular flexibility index (Phi) is 30.8. The molecule has 12 rings (SSSR count). The van der Waals surface area contributed by atoms with Gasteiger partial charge in [-0.05, 0) is 99.7 Å². The quantitative estimate of drug-likeness (QED) is 0.0247. The molecule has 0 radical (unpaired) electrons. The third kappa shape index (κ3) is 19.6. The van der Waals surface area contributed by atoms with E-state index in [4.69, 9.17) is 73.1 Å². The van der Waals surface area contributed by atoms with E-state index in [-0.39, 0.29) is 67.6 Å². The molecule has 3 saturated heterocycles. The summed E-state index contributed by atoms with van der Waals surface area (Å²) in [5.74, 6) is -0.199.